The van der Waals surface area contributed by atoms with Gasteiger partial charge in [0.1, 0.15) is 5.76 Å². The van der Waals surface area contributed by atoms with Crippen LogP contribution in [-0.2, 0) is 26.6 Å². The molecule has 3 rings (SSSR count). The molecule has 3 N–H and O–H groups in total. The Hall–Kier alpha value is -3.15. The van der Waals surface area contributed by atoms with Gasteiger partial charge in [-0.15, -0.1) is 0 Å². The Bertz CT molecular complexity index is 1350. The summed E-state index contributed by atoms with van der Waals surface area (Å²) in [6.45, 7) is 3.39. The van der Waals surface area contributed by atoms with Crippen molar-refractivity contribution < 1.29 is 26.0 Å². The maximum atomic E-state index is 12.9. The molecule has 0 aliphatic heterocycles. The molecule has 3 aromatic rings. The van der Waals surface area contributed by atoms with Gasteiger partial charge in [-0.05, 0) is 61.4 Å². The minimum absolute atomic E-state index is 0.0236. The predicted octanol–water partition coefficient (Wildman–Crippen LogP) is 3.00. The SMILES string of the molecule is Cc1ccc(NC(=O)c2cc(S(=O)(=O)NCc3ccco3)ccc2C)cc1NS(C)(=O)=O. The van der Waals surface area contributed by atoms with Gasteiger partial charge < -0.3 is 9.73 Å². The van der Waals surface area contributed by atoms with Crippen LogP contribution in [0.5, 0.6) is 0 Å². The number of sulfonamides is 2. The van der Waals surface area contributed by atoms with Crippen LogP contribution in [0.3, 0.4) is 0 Å². The van der Waals surface area contributed by atoms with Gasteiger partial charge in [-0.2, -0.15) is 0 Å². The Kier molecular flexibility index (Phi) is 6.72. The molecule has 1 heterocycles. The van der Waals surface area contributed by atoms with Gasteiger partial charge in [-0.1, -0.05) is 12.1 Å². The third kappa shape index (κ3) is 5.96. The van der Waals surface area contributed by atoms with Crippen LogP contribution in [0.2, 0.25) is 0 Å². The molecular weight excluding hydrogens is 454 g/mol. The van der Waals surface area contributed by atoms with Gasteiger partial charge in [0.25, 0.3) is 5.91 Å². The number of rotatable bonds is 8. The summed E-state index contributed by atoms with van der Waals surface area (Å²) in [4.78, 5) is 12.8. The molecule has 1 aromatic heterocycles. The lowest BCUT2D eigenvalue weighted by molar-refractivity contribution is 0.102. The molecule has 0 bridgehead atoms. The molecule has 0 atom stereocenters. The minimum atomic E-state index is -3.88. The average Bonchev–Trinajstić information content (AvgIpc) is 3.22. The van der Waals surface area contributed by atoms with Crippen LogP contribution in [0.1, 0.15) is 27.2 Å². The van der Waals surface area contributed by atoms with Gasteiger partial charge in [0.15, 0.2) is 0 Å². The maximum absolute atomic E-state index is 12.9. The molecule has 170 valence electrons. The Morgan fingerprint density at radius 3 is 2.34 bits per heavy atom. The normalized spacial score (nSPS) is 11.8. The van der Waals surface area contributed by atoms with Crippen LogP contribution in [0.15, 0.2) is 64.1 Å². The van der Waals surface area contributed by atoms with Gasteiger partial charge in [-0.3, -0.25) is 9.52 Å². The largest absolute Gasteiger partial charge is 0.468 e. The summed E-state index contributed by atoms with van der Waals surface area (Å²) in [6, 6.07) is 12.3. The summed E-state index contributed by atoms with van der Waals surface area (Å²) in [5, 5.41) is 2.68. The summed E-state index contributed by atoms with van der Waals surface area (Å²) < 4.78 is 58.3. The van der Waals surface area contributed by atoms with Gasteiger partial charge >= 0.3 is 0 Å². The Balaban J connectivity index is 1.82. The number of furan rings is 1. The lowest BCUT2D eigenvalue weighted by Gasteiger charge is -2.13. The minimum Gasteiger partial charge on any atom is -0.468 e. The van der Waals surface area contributed by atoms with E-state index in [1.807, 2.05) is 0 Å². The fourth-order valence-electron chi connectivity index (χ4n) is 2.88. The second-order valence-corrected chi connectivity index (χ2v) is 10.8. The highest BCUT2D eigenvalue weighted by molar-refractivity contribution is 7.92. The first-order valence-electron chi connectivity index (χ1n) is 9.47. The summed E-state index contributed by atoms with van der Waals surface area (Å²) in [7, 11) is -7.37. The lowest BCUT2D eigenvalue weighted by Crippen LogP contribution is -2.24. The summed E-state index contributed by atoms with van der Waals surface area (Å²) in [5.41, 5.74) is 2.12. The number of carbonyl (C=O) groups is 1. The molecular formula is C21H23N3O6S2. The second kappa shape index (κ2) is 9.15. The van der Waals surface area contributed by atoms with Crippen molar-refractivity contribution in [1.82, 2.24) is 4.72 Å². The zero-order valence-electron chi connectivity index (χ0n) is 17.7. The molecule has 32 heavy (non-hydrogen) atoms. The van der Waals surface area contributed by atoms with Gasteiger partial charge in [-0.25, -0.2) is 21.6 Å². The van der Waals surface area contributed by atoms with Crippen molar-refractivity contribution >= 4 is 37.3 Å². The van der Waals surface area contributed by atoms with Crippen molar-refractivity contribution in [2.75, 3.05) is 16.3 Å². The highest BCUT2D eigenvalue weighted by Gasteiger charge is 2.19. The highest BCUT2D eigenvalue weighted by Crippen LogP contribution is 2.23. The van der Waals surface area contributed by atoms with E-state index in [2.05, 4.69) is 14.8 Å². The maximum Gasteiger partial charge on any atom is 0.255 e. The topological polar surface area (TPSA) is 135 Å². The molecule has 11 heteroatoms. The van der Waals surface area contributed by atoms with E-state index in [9.17, 15) is 21.6 Å². The van der Waals surface area contributed by atoms with Crippen LogP contribution < -0.4 is 14.8 Å². The number of carbonyl (C=O) groups excluding carboxylic acids is 1. The number of hydrogen-bond donors (Lipinski definition) is 3. The average molecular weight is 478 g/mol. The first-order chi connectivity index (χ1) is 14.9. The van der Waals surface area contributed by atoms with Crippen molar-refractivity contribution in [2.45, 2.75) is 25.3 Å². The van der Waals surface area contributed by atoms with Gasteiger partial charge in [0, 0.05) is 11.3 Å². The third-order valence-electron chi connectivity index (χ3n) is 4.57. The van der Waals surface area contributed by atoms with E-state index in [1.54, 1.807) is 44.2 Å². The number of amides is 1. The van der Waals surface area contributed by atoms with Crippen LogP contribution in [0.25, 0.3) is 0 Å². The first-order valence-corrected chi connectivity index (χ1v) is 12.8. The summed E-state index contributed by atoms with van der Waals surface area (Å²) >= 11 is 0. The molecule has 0 aliphatic carbocycles. The molecule has 0 spiro atoms. The van der Waals surface area contributed by atoms with Crippen LogP contribution in [-0.4, -0.2) is 29.0 Å². The molecule has 2 aromatic carbocycles. The van der Waals surface area contributed by atoms with Crippen LogP contribution in [0, 0.1) is 13.8 Å². The zero-order valence-corrected chi connectivity index (χ0v) is 19.3. The molecule has 1 amide bonds. The first kappa shape index (κ1) is 23.5. The van der Waals surface area contributed by atoms with Crippen molar-refractivity contribution in [3.05, 3.63) is 77.2 Å². The Labute approximate surface area is 186 Å². The molecule has 0 saturated heterocycles. The monoisotopic (exact) mass is 477 g/mol. The van der Waals surface area contributed by atoms with E-state index in [0.29, 0.717) is 28.3 Å². The van der Waals surface area contributed by atoms with E-state index in [0.717, 1.165) is 6.26 Å². The molecule has 9 nitrogen and oxygen atoms in total. The van der Waals surface area contributed by atoms with Crippen molar-refractivity contribution in [3.63, 3.8) is 0 Å². The number of aryl methyl sites for hydroxylation is 2. The van der Waals surface area contributed by atoms with E-state index >= 15 is 0 Å². The Morgan fingerprint density at radius 2 is 1.69 bits per heavy atom. The summed E-state index contributed by atoms with van der Waals surface area (Å²) in [6.07, 6.45) is 2.48. The van der Waals surface area contributed by atoms with E-state index in [-0.39, 0.29) is 17.0 Å². The number of hydrogen-bond acceptors (Lipinski definition) is 6. The molecule has 0 radical (unpaired) electrons. The van der Waals surface area contributed by atoms with E-state index < -0.39 is 26.0 Å². The number of benzene rings is 2. The van der Waals surface area contributed by atoms with E-state index in [4.69, 9.17) is 4.42 Å². The van der Waals surface area contributed by atoms with Gasteiger partial charge in [0.05, 0.1) is 29.6 Å². The fraction of sp³-hybridized carbons (Fsp3) is 0.190. The lowest BCUT2D eigenvalue weighted by atomic mass is 10.1. The smallest absolute Gasteiger partial charge is 0.255 e. The van der Waals surface area contributed by atoms with Gasteiger partial charge in [0.2, 0.25) is 20.0 Å². The number of nitrogens with one attached hydrogen (secondary N) is 3. The fourth-order valence-corrected chi connectivity index (χ4v) is 4.52. The molecule has 0 unspecified atom stereocenters. The van der Waals surface area contributed by atoms with Crippen LogP contribution in [0.4, 0.5) is 11.4 Å². The molecule has 0 fully saturated rings. The molecule has 0 aliphatic rings. The van der Waals surface area contributed by atoms with E-state index in [1.165, 1.54) is 24.5 Å². The highest BCUT2D eigenvalue weighted by atomic mass is 32.2. The van der Waals surface area contributed by atoms with Crippen LogP contribution >= 0.6 is 0 Å². The van der Waals surface area contributed by atoms with Crippen molar-refractivity contribution in [3.8, 4) is 0 Å². The quantitative estimate of drug-likeness (QED) is 0.457. The third-order valence-corrected chi connectivity index (χ3v) is 6.56. The zero-order chi connectivity index (χ0) is 23.5. The number of anilines is 2. The standard InChI is InChI=1S/C21H23N3O6S2/c1-14-7-9-18(32(28,29)22-13-17-5-4-10-30-17)12-19(14)21(25)23-16-8-6-15(2)20(11-16)24-31(3,26)27/h4-12,22,24H,13H2,1-3H3,(H,23,25). The van der Waals surface area contributed by atoms with Crippen molar-refractivity contribution in [1.29, 1.82) is 0 Å². The second-order valence-electron chi connectivity index (χ2n) is 7.24. The molecule has 0 saturated carbocycles. The predicted molar refractivity (Wildman–Crippen MR) is 122 cm³/mol. The van der Waals surface area contributed by atoms with Crippen molar-refractivity contribution in [2.24, 2.45) is 0 Å². The summed E-state index contributed by atoms with van der Waals surface area (Å²) in [5.74, 6) is -0.0729. The Morgan fingerprint density at radius 1 is 0.969 bits per heavy atom.